The van der Waals surface area contributed by atoms with E-state index in [1.807, 2.05) is 6.07 Å². The van der Waals surface area contributed by atoms with Crippen LogP contribution in [0.3, 0.4) is 0 Å². The maximum atomic E-state index is 12.2. The number of hydrogen-bond donors (Lipinski definition) is 1. The molecule has 1 aromatic rings. The van der Waals surface area contributed by atoms with Gasteiger partial charge in [-0.05, 0) is 49.7 Å². The van der Waals surface area contributed by atoms with Gasteiger partial charge in [-0.2, -0.15) is 0 Å². The largest absolute Gasteiger partial charge is 0.451 e. The number of nitrogens with one attached hydrogen (secondary N) is 1. The van der Waals surface area contributed by atoms with E-state index in [0.29, 0.717) is 10.8 Å². The molecule has 1 fully saturated rings. The molecule has 0 radical (unpaired) electrons. The van der Waals surface area contributed by atoms with Crippen LogP contribution in [0.4, 0.5) is 0 Å². The summed E-state index contributed by atoms with van der Waals surface area (Å²) in [6.07, 6.45) is 10.2. The van der Waals surface area contributed by atoms with E-state index in [4.69, 9.17) is 4.74 Å². The van der Waals surface area contributed by atoms with Crippen LogP contribution < -0.4 is 5.32 Å². The van der Waals surface area contributed by atoms with Crippen molar-refractivity contribution < 1.29 is 14.3 Å². The lowest BCUT2D eigenvalue weighted by Crippen LogP contribution is -2.37. The first-order valence-corrected chi connectivity index (χ1v) is 10.0. The van der Waals surface area contributed by atoms with Gasteiger partial charge in [0.05, 0.1) is 0 Å². The minimum atomic E-state index is -0.363. The van der Waals surface area contributed by atoms with Gasteiger partial charge in [-0.15, -0.1) is 11.3 Å². The van der Waals surface area contributed by atoms with E-state index in [9.17, 15) is 9.59 Å². The van der Waals surface area contributed by atoms with Crippen LogP contribution in [0, 0.1) is 5.92 Å². The topological polar surface area (TPSA) is 55.4 Å². The summed E-state index contributed by atoms with van der Waals surface area (Å²) in [6, 6.07) is 2.20. The Morgan fingerprint density at radius 2 is 1.96 bits per heavy atom. The maximum absolute atomic E-state index is 12.2. The van der Waals surface area contributed by atoms with Crippen molar-refractivity contribution in [1.29, 1.82) is 0 Å². The van der Waals surface area contributed by atoms with Gasteiger partial charge in [0.15, 0.2) is 6.61 Å². The van der Waals surface area contributed by atoms with Crippen molar-refractivity contribution in [3.05, 3.63) is 21.4 Å². The fourth-order valence-corrected chi connectivity index (χ4v) is 4.80. The van der Waals surface area contributed by atoms with Gasteiger partial charge in [0, 0.05) is 10.9 Å². The lowest BCUT2D eigenvalue weighted by Gasteiger charge is -2.16. The fourth-order valence-electron chi connectivity index (χ4n) is 3.70. The fraction of sp³-hybridized carbons (Fsp3) is 0.684. The number of amides is 1. The van der Waals surface area contributed by atoms with E-state index < -0.39 is 0 Å². The zero-order valence-corrected chi connectivity index (χ0v) is 15.3. The second-order valence-electron chi connectivity index (χ2n) is 7.24. The van der Waals surface area contributed by atoms with Gasteiger partial charge in [0.1, 0.15) is 4.88 Å². The number of carbonyl (C=O) groups is 2. The normalized spacial score (nSPS) is 21.6. The molecule has 1 amide bonds. The van der Waals surface area contributed by atoms with Gasteiger partial charge in [0.25, 0.3) is 5.91 Å². The SMILES string of the molecule is C[C@H]1CCc2sc(C(=O)OCC(=O)NC3CCCCCC3)cc2C1. The summed E-state index contributed by atoms with van der Waals surface area (Å²) < 4.78 is 5.23. The van der Waals surface area contributed by atoms with Crippen LogP contribution in [0.5, 0.6) is 0 Å². The molecule has 0 unspecified atom stereocenters. The van der Waals surface area contributed by atoms with Crippen LogP contribution in [-0.2, 0) is 22.4 Å². The molecule has 24 heavy (non-hydrogen) atoms. The predicted molar refractivity (Wildman–Crippen MR) is 95.4 cm³/mol. The van der Waals surface area contributed by atoms with Gasteiger partial charge in [-0.1, -0.05) is 32.6 Å². The molecule has 1 aromatic heterocycles. The highest BCUT2D eigenvalue weighted by molar-refractivity contribution is 7.14. The Bertz CT molecular complexity index is 587. The third kappa shape index (κ3) is 4.59. The highest BCUT2D eigenvalue weighted by atomic mass is 32.1. The molecule has 132 valence electrons. The van der Waals surface area contributed by atoms with E-state index in [1.165, 1.54) is 53.9 Å². The predicted octanol–water partition coefficient (Wildman–Crippen LogP) is 3.87. The number of thiophene rings is 1. The molecule has 1 N–H and O–H groups in total. The van der Waals surface area contributed by atoms with Crippen molar-refractivity contribution in [2.24, 2.45) is 5.92 Å². The molecule has 4 nitrogen and oxygen atoms in total. The molecule has 0 aromatic carbocycles. The second-order valence-corrected chi connectivity index (χ2v) is 8.38. The van der Waals surface area contributed by atoms with Gasteiger partial charge in [-0.3, -0.25) is 4.79 Å². The Morgan fingerprint density at radius 3 is 2.71 bits per heavy atom. The average molecular weight is 349 g/mol. The van der Waals surface area contributed by atoms with E-state index in [1.54, 1.807) is 0 Å². The van der Waals surface area contributed by atoms with Crippen molar-refractivity contribution >= 4 is 23.2 Å². The van der Waals surface area contributed by atoms with E-state index >= 15 is 0 Å². The number of carbonyl (C=O) groups excluding carboxylic acids is 2. The molecule has 2 aliphatic carbocycles. The molecule has 1 atom stereocenters. The summed E-state index contributed by atoms with van der Waals surface area (Å²) in [4.78, 5) is 26.2. The zero-order chi connectivity index (χ0) is 16.9. The number of aryl methyl sites for hydroxylation is 1. The van der Waals surface area contributed by atoms with E-state index in [2.05, 4.69) is 12.2 Å². The number of hydrogen-bond acceptors (Lipinski definition) is 4. The first kappa shape index (κ1) is 17.5. The number of ether oxygens (including phenoxy) is 1. The molecule has 0 saturated heterocycles. The third-order valence-corrected chi connectivity index (χ3v) is 6.30. The Labute approximate surface area is 148 Å². The lowest BCUT2D eigenvalue weighted by molar-refractivity contribution is -0.125. The van der Waals surface area contributed by atoms with E-state index in [-0.39, 0.29) is 24.5 Å². The van der Waals surface area contributed by atoms with Crippen LogP contribution in [0.1, 0.15) is 72.0 Å². The van der Waals surface area contributed by atoms with Crippen LogP contribution in [0.2, 0.25) is 0 Å². The van der Waals surface area contributed by atoms with Gasteiger partial charge < -0.3 is 10.1 Å². The minimum absolute atomic E-state index is 0.172. The second kappa shape index (κ2) is 8.15. The van der Waals surface area contributed by atoms with Gasteiger partial charge in [0.2, 0.25) is 0 Å². The summed E-state index contributed by atoms with van der Waals surface area (Å²) in [5.74, 6) is 0.143. The first-order valence-electron chi connectivity index (χ1n) is 9.20. The number of esters is 1. The Hall–Kier alpha value is -1.36. The molecular weight excluding hydrogens is 322 g/mol. The summed E-state index contributed by atoms with van der Waals surface area (Å²) in [5.41, 5.74) is 1.29. The molecule has 1 heterocycles. The van der Waals surface area contributed by atoms with Crippen molar-refractivity contribution in [3.8, 4) is 0 Å². The lowest BCUT2D eigenvalue weighted by atomic mass is 9.90. The zero-order valence-electron chi connectivity index (χ0n) is 14.4. The maximum Gasteiger partial charge on any atom is 0.348 e. The van der Waals surface area contributed by atoms with Crippen LogP contribution >= 0.6 is 11.3 Å². The highest BCUT2D eigenvalue weighted by Gasteiger charge is 2.22. The van der Waals surface area contributed by atoms with Crippen molar-refractivity contribution in [2.75, 3.05) is 6.61 Å². The Balaban J connectivity index is 1.47. The van der Waals surface area contributed by atoms with Crippen LogP contribution in [0.25, 0.3) is 0 Å². The van der Waals surface area contributed by atoms with Gasteiger partial charge >= 0.3 is 5.97 Å². The molecular formula is C19H27NO3S. The molecule has 1 saturated carbocycles. The molecule has 0 bridgehead atoms. The standard InChI is InChI=1S/C19H27NO3S/c1-13-8-9-16-14(10-13)11-17(24-16)19(22)23-12-18(21)20-15-6-4-2-3-5-7-15/h11,13,15H,2-10,12H2,1H3,(H,20,21)/t13-/m0/s1. The molecule has 0 aliphatic heterocycles. The summed E-state index contributed by atoms with van der Waals surface area (Å²) >= 11 is 1.53. The quantitative estimate of drug-likeness (QED) is 0.663. The Kier molecular flexibility index (Phi) is 5.93. The Morgan fingerprint density at radius 1 is 1.21 bits per heavy atom. The molecule has 0 spiro atoms. The molecule has 5 heteroatoms. The number of rotatable bonds is 4. The summed E-state index contributed by atoms with van der Waals surface area (Å²) in [6.45, 7) is 2.07. The average Bonchev–Trinajstić information content (AvgIpc) is 2.81. The first-order chi connectivity index (χ1) is 11.6. The monoisotopic (exact) mass is 349 g/mol. The summed E-state index contributed by atoms with van der Waals surface area (Å²) in [5, 5.41) is 3.01. The number of fused-ring (bicyclic) bond motifs is 1. The van der Waals surface area contributed by atoms with Crippen LogP contribution in [-0.4, -0.2) is 24.5 Å². The third-order valence-electron chi connectivity index (χ3n) is 5.09. The van der Waals surface area contributed by atoms with Crippen molar-refractivity contribution in [2.45, 2.75) is 70.8 Å². The van der Waals surface area contributed by atoms with Crippen LogP contribution in [0.15, 0.2) is 6.07 Å². The smallest absolute Gasteiger partial charge is 0.348 e. The van der Waals surface area contributed by atoms with Gasteiger partial charge in [-0.25, -0.2) is 4.79 Å². The molecule has 3 rings (SSSR count). The van der Waals surface area contributed by atoms with Crippen molar-refractivity contribution in [3.63, 3.8) is 0 Å². The highest BCUT2D eigenvalue weighted by Crippen LogP contribution is 2.32. The molecule has 2 aliphatic rings. The van der Waals surface area contributed by atoms with Crippen molar-refractivity contribution in [1.82, 2.24) is 5.32 Å². The minimum Gasteiger partial charge on any atom is -0.451 e. The summed E-state index contributed by atoms with van der Waals surface area (Å²) in [7, 11) is 0. The van der Waals surface area contributed by atoms with E-state index in [0.717, 1.165) is 25.7 Å².